The van der Waals surface area contributed by atoms with Crippen LogP contribution in [0.25, 0.3) is 0 Å². The normalized spacial score (nSPS) is 21.9. The Morgan fingerprint density at radius 2 is 1.75 bits per heavy atom. The zero-order chi connectivity index (χ0) is 23.3. The van der Waals surface area contributed by atoms with Gasteiger partial charge in [0, 0.05) is 57.9 Å². The first-order valence-electron chi connectivity index (χ1n) is 10.6. The number of carbonyl (C=O) groups is 2. The van der Waals surface area contributed by atoms with Crippen LogP contribution in [-0.4, -0.2) is 102 Å². The lowest BCUT2D eigenvalue weighted by molar-refractivity contribution is -0.192. The average molecular weight is 459 g/mol. The van der Waals surface area contributed by atoms with Gasteiger partial charge < -0.3 is 24.5 Å². The number of aliphatic carboxylic acids is 1. The number of alkyl halides is 3. The van der Waals surface area contributed by atoms with Gasteiger partial charge in [0.05, 0.1) is 18.2 Å². The SMILES string of the molecule is CN1CCN(c2ncnc3c2CCN(C(=O)C2CCOC2)CC3)CC1.O=C(O)C(F)(F)F. The highest BCUT2D eigenvalue weighted by molar-refractivity contribution is 5.79. The average Bonchev–Trinajstić information content (AvgIpc) is 3.20. The Morgan fingerprint density at radius 3 is 2.34 bits per heavy atom. The topological polar surface area (TPSA) is 99.1 Å². The highest BCUT2D eigenvalue weighted by Crippen LogP contribution is 2.26. The van der Waals surface area contributed by atoms with Crippen molar-refractivity contribution >= 4 is 17.7 Å². The minimum atomic E-state index is -5.08. The molecule has 4 rings (SSSR count). The van der Waals surface area contributed by atoms with Gasteiger partial charge in [0.1, 0.15) is 12.1 Å². The standard InChI is InChI=1S/C18H27N5O2.C2HF3O2/c1-21-7-9-22(10-8-21)17-15-2-5-23(6-3-16(15)19-13-20-17)18(24)14-4-11-25-12-14;3-2(4,5)1(6)7/h13-14H,2-12H2,1H3;(H,6,7). The summed E-state index contributed by atoms with van der Waals surface area (Å²) < 4.78 is 37.1. The first-order chi connectivity index (χ1) is 15.2. The van der Waals surface area contributed by atoms with E-state index in [1.54, 1.807) is 6.33 Å². The fraction of sp³-hybridized carbons (Fsp3) is 0.700. The van der Waals surface area contributed by atoms with Crippen molar-refractivity contribution in [1.82, 2.24) is 19.8 Å². The summed E-state index contributed by atoms with van der Waals surface area (Å²) in [6, 6.07) is 0. The Labute approximate surface area is 184 Å². The molecular weight excluding hydrogens is 431 g/mol. The quantitative estimate of drug-likeness (QED) is 0.695. The Morgan fingerprint density at radius 1 is 1.09 bits per heavy atom. The summed E-state index contributed by atoms with van der Waals surface area (Å²) in [5.41, 5.74) is 2.35. The first-order valence-corrected chi connectivity index (χ1v) is 10.6. The fourth-order valence-corrected chi connectivity index (χ4v) is 4.01. The minimum absolute atomic E-state index is 0.0457. The van der Waals surface area contributed by atoms with E-state index in [1.807, 2.05) is 4.90 Å². The Hall–Kier alpha value is -2.47. The number of rotatable bonds is 2. The predicted molar refractivity (Wildman–Crippen MR) is 108 cm³/mol. The van der Waals surface area contributed by atoms with Gasteiger partial charge in [-0.3, -0.25) is 4.79 Å². The summed E-state index contributed by atoms with van der Waals surface area (Å²) in [4.78, 5) is 37.5. The molecule has 12 heteroatoms. The largest absolute Gasteiger partial charge is 0.490 e. The molecule has 1 amide bonds. The van der Waals surface area contributed by atoms with E-state index >= 15 is 0 Å². The van der Waals surface area contributed by atoms with Gasteiger partial charge in [-0.05, 0) is 19.9 Å². The zero-order valence-electron chi connectivity index (χ0n) is 18.0. The number of amides is 1. The number of carboxylic acids is 1. The van der Waals surface area contributed by atoms with Crippen LogP contribution in [0.1, 0.15) is 17.7 Å². The van der Waals surface area contributed by atoms with E-state index in [9.17, 15) is 18.0 Å². The van der Waals surface area contributed by atoms with E-state index in [1.165, 1.54) is 5.56 Å². The number of carboxylic acid groups (broad SMARTS) is 1. The van der Waals surface area contributed by atoms with Crippen molar-refractivity contribution in [1.29, 1.82) is 0 Å². The van der Waals surface area contributed by atoms with Gasteiger partial charge in [-0.1, -0.05) is 0 Å². The first kappa shape index (κ1) is 24.2. The molecule has 1 aromatic heterocycles. The molecule has 3 aliphatic heterocycles. The highest BCUT2D eigenvalue weighted by Gasteiger charge is 2.38. The Kier molecular flexibility index (Phi) is 7.88. The number of hydrogen-bond acceptors (Lipinski definition) is 7. The molecule has 0 aliphatic carbocycles. The van der Waals surface area contributed by atoms with Crippen LogP contribution in [0, 0.1) is 5.92 Å². The zero-order valence-corrected chi connectivity index (χ0v) is 18.0. The number of aromatic nitrogens is 2. The van der Waals surface area contributed by atoms with Crippen LogP contribution in [0.15, 0.2) is 6.33 Å². The van der Waals surface area contributed by atoms with Crippen molar-refractivity contribution in [3.05, 3.63) is 17.6 Å². The van der Waals surface area contributed by atoms with Crippen molar-refractivity contribution in [2.75, 3.05) is 64.4 Å². The summed E-state index contributed by atoms with van der Waals surface area (Å²) in [5.74, 6) is -1.38. The predicted octanol–water partition coefficient (Wildman–Crippen LogP) is 0.825. The monoisotopic (exact) mass is 459 g/mol. The second-order valence-corrected chi connectivity index (χ2v) is 8.10. The summed E-state index contributed by atoms with van der Waals surface area (Å²) >= 11 is 0. The molecule has 0 spiro atoms. The van der Waals surface area contributed by atoms with Crippen molar-refractivity contribution < 1.29 is 32.6 Å². The highest BCUT2D eigenvalue weighted by atomic mass is 19.4. The molecule has 1 atom stereocenters. The maximum Gasteiger partial charge on any atom is 0.490 e. The molecule has 0 aromatic carbocycles. The maximum atomic E-state index is 12.7. The second kappa shape index (κ2) is 10.4. The summed E-state index contributed by atoms with van der Waals surface area (Å²) in [6.45, 7) is 6.93. The lowest BCUT2D eigenvalue weighted by Crippen LogP contribution is -2.45. The van der Waals surface area contributed by atoms with Crippen LogP contribution in [0.5, 0.6) is 0 Å². The third-order valence-corrected chi connectivity index (χ3v) is 5.90. The van der Waals surface area contributed by atoms with Gasteiger partial charge in [0.2, 0.25) is 5.91 Å². The molecule has 32 heavy (non-hydrogen) atoms. The molecule has 3 aliphatic rings. The Balaban J connectivity index is 0.000000360. The van der Waals surface area contributed by atoms with Gasteiger partial charge >= 0.3 is 12.1 Å². The van der Waals surface area contributed by atoms with E-state index in [-0.39, 0.29) is 11.8 Å². The van der Waals surface area contributed by atoms with E-state index in [0.29, 0.717) is 13.2 Å². The second-order valence-electron chi connectivity index (χ2n) is 8.10. The molecule has 0 saturated carbocycles. The van der Waals surface area contributed by atoms with Crippen LogP contribution in [0.3, 0.4) is 0 Å². The lowest BCUT2D eigenvalue weighted by Gasteiger charge is -2.34. The number of hydrogen-bond donors (Lipinski definition) is 1. The maximum absolute atomic E-state index is 12.7. The molecule has 4 heterocycles. The molecule has 1 unspecified atom stereocenters. The van der Waals surface area contributed by atoms with Gasteiger partial charge in [-0.2, -0.15) is 13.2 Å². The molecular formula is C20H28F3N5O4. The number of halogens is 3. The van der Waals surface area contributed by atoms with Crippen LogP contribution >= 0.6 is 0 Å². The van der Waals surface area contributed by atoms with Gasteiger partial charge in [0.15, 0.2) is 0 Å². The van der Waals surface area contributed by atoms with Crippen LogP contribution < -0.4 is 4.90 Å². The van der Waals surface area contributed by atoms with Crippen LogP contribution in [-0.2, 0) is 27.2 Å². The summed E-state index contributed by atoms with van der Waals surface area (Å²) in [6.07, 6.45) is -0.877. The lowest BCUT2D eigenvalue weighted by atomic mass is 10.1. The third-order valence-electron chi connectivity index (χ3n) is 5.90. The van der Waals surface area contributed by atoms with Crippen molar-refractivity contribution in [3.63, 3.8) is 0 Å². The number of anilines is 1. The number of ether oxygens (including phenoxy) is 1. The molecule has 178 valence electrons. The number of piperazine rings is 1. The van der Waals surface area contributed by atoms with Gasteiger partial charge in [-0.25, -0.2) is 14.8 Å². The van der Waals surface area contributed by atoms with E-state index in [0.717, 1.165) is 70.0 Å². The van der Waals surface area contributed by atoms with Crippen molar-refractivity contribution in [2.45, 2.75) is 25.4 Å². The van der Waals surface area contributed by atoms with E-state index in [2.05, 4.69) is 26.8 Å². The van der Waals surface area contributed by atoms with Gasteiger partial charge in [-0.15, -0.1) is 0 Å². The molecule has 1 N–H and O–H groups in total. The number of fused-ring (bicyclic) bond motifs is 1. The fourth-order valence-electron chi connectivity index (χ4n) is 4.01. The third kappa shape index (κ3) is 6.06. The summed E-state index contributed by atoms with van der Waals surface area (Å²) in [5, 5.41) is 7.12. The minimum Gasteiger partial charge on any atom is -0.475 e. The van der Waals surface area contributed by atoms with Crippen molar-refractivity contribution in [3.8, 4) is 0 Å². The van der Waals surface area contributed by atoms with E-state index in [4.69, 9.17) is 14.6 Å². The van der Waals surface area contributed by atoms with Crippen LogP contribution in [0.4, 0.5) is 19.0 Å². The molecule has 9 nitrogen and oxygen atoms in total. The molecule has 2 fully saturated rings. The van der Waals surface area contributed by atoms with E-state index < -0.39 is 12.1 Å². The molecule has 1 aromatic rings. The number of nitrogens with zero attached hydrogens (tertiary/aromatic N) is 5. The molecule has 0 bridgehead atoms. The van der Waals surface area contributed by atoms with Gasteiger partial charge in [0.25, 0.3) is 0 Å². The summed E-state index contributed by atoms with van der Waals surface area (Å²) in [7, 11) is 2.16. The van der Waals surface area contributed by atoms with Crippen LogP contribution in [0.2, 0.25) is 0 Å². The molecule has 0 radical (unpaired) electrons. The number of likely N-dealkylation sites (N-methyl/N-ethyl adjacent to an activating group) is 1. The van der Waals surface area contributed by atoms with Crippen molar-refractivity contribution in [2.24, 2.45) is 5.92 Å². The Bertz CT molecular complexity index is 809. The molecule has 2 saturated heterocycles. The number of carbonyl (C=O) groups excluding carboxylic acids is 1. The smallest absolute Gasteiger partial charge is 0.475 e.